The lowest BCUT2D eigenvalue weighted by Crippen LogP contribution is -2.28. The van der Waals surface area contributed by atoms with Crippen LogP contribution in [0.15, 0.2) is 42.7 Å². The van der Waals surface area contributed by atoms with Crippen molar-refractivity contribution in [2.24, 2.45) is 0 Å². The van der Waals surface area contributed by atoms with E-state index < -0.39 is 0 Å². The van der Waals surface area contributed by atoms with E-state index in [0.717, 1.165) is 11.3 Å². The van der Waals surface area contributed by atoms with E-state index in [1.165, 1.54) is 0 Å². The molecule has 1 N–H and O–H groups in total. The van der Waals surface area contributed by atoms with Gasteiger partial charge < -0.3 is 5.32 Å². The second-order valence-corrected chi connectivity index (χ2v) is 5.10. The fourth-order valence-electron chi connectivity index (χ4n) is 2.22. The van der Waals surface area contributed by atoms with Gasteiger partial charge in [0.2, 0.25) is 5.91 Å². The van der Waals surface area contributed by atoms with Crippen molar-refractivity contribution in [3.05, 3.63) is 54.1 Å². The summed E-state index contributed by atoms with van der Waals surface area (Å²) in [5, 5.41) is 18.3. The van der Waals surface area contributed by atoms with Crippen LogP contribution < -0.4 is 5.32 Å². The Labute approximate surface area is 133 Å². The normalized spacial score (nSPS) is 10.7. The molecule has 23 heavy (non-hydrogen) atoms. The number of amides is 1. The lowest BCUT2D eigenvalue weighted by atomic mass is 10.1. The molecule has 0 fully saturated rings. The zero-order chi connectivity index (χ0) is 16.1. The molecule has 0 aliphatic rings. The van der Waals surface area contributed by atoms with Gasteiger partial charge in [0.15, 0.2) is 5.82 Å². The van der Waals surface area contributed by atoms with Crippen LogP contribution in [0.3, 0.4) is 0 Å². The Morgan fingerprint density at radius 3 is 2.74 bits per heavy atom. The first-order chi connectivity index (χ1) is 11.2. The van der Waals surface area contributed by atoms with Crippen molar-refractivity contribution >= 4 is 5.91 Å². The van der Waals surface area contributed by atoms with Gasteiger partial charge in [0, 0.05) is 18.9 Å². The van der Waals surface area contributed by atoms with Crippen molar-refractivity contribution in [2.75, 3.05) is 6.54 Å². The number of hydrogen-bond acceptors (Lipinski definition) is 5. The molecule has 1 aromatic carbocycles. The molecule has 0 unspecified atom stereocenters. The van der Waals surface area contributed by atoms with Crippen LogP contribution >= 0.6 is 0 Å². The average molecular weight is 311 g/mol. The predicted octanol–water partition coefficient (Wildman–Crippen LogP) is 0.526. The van der Waals surface area contributed by atoms with Crippen LogP contribution in [-0.4, -0.2) is 42.4 Å². The molecule has 0 saturated carbocycles. The molecule has 0 bridgehead atoms. The summed E-state index contributed by atoms with van der Waals surface area (Å²) in [6, 6.07) is 9.47. The number of tetrazole rings is 1. The molecule has 0 spiro atoms. The molecule has 8 heteroatoms. The lowest BCUT2D eigenvalue weighted by Gasteiger charge is -2.07. The van der Waals surface area contributed by atoms with Crippen LogP contribution in [0.4, 0.5) is 0 Å². The highest BCUT2D eigenvalue weighted by Gasteiger charge is 2.06. The standard InChI is InChI=1S/C15H17N7O/c1-12-18-19-20-22(12)14-5-3-13(4-6-14)11-15(23)16-8-10-21-9-2-7-17-21/h2-7,9H,8,10-11H2,1H3,(H,16,23). The van der Waals surface area contributed by atoms with E-state index in [-0.39, 0.29) is 5.91 Å². The Kier molecular flexibility index (Phi) is 4.41. The van der Waals surface area contributed by atoms with Gasteiger partial charge in [0.1, 0.15) is 0 Å². The first kappa shape index (κ1) is 14.9. The summed E-state index contributed by atoms with van der Waals surface area (Å²) in [6.45, 7) is 3.06. The third kappa shape index (κ3) is 3.79. The molecule has 0 aliphatic carbocycles. The summed E-state index contributed by atoms with van der Waals surface area (Å²) < 4.78 is 3.43. The Balaban J connectivity index is 1.51. The van der Waals surface area contributed by atoms with Crippen molar-refractivity contribution in [3.63, 3.8) is 0 Å². The second-order valence-electron chi connectivity index (χ2n) is 5.10. The number of carbonyl (C=O) groups is 1. The number of rotatable bonds is 6. The summed E-state index contributed by atoms with van der Waals surface area (Å²) in [5.41, 5.74) is 1.81. The van der Waals surface area contributed by atoms with E-state index in [0.29, 0.717) is 25.3 Å². The minimum Gasteiger partial charge on any atom is -0.354 e. The van der Waals surface area contributed by atoms with Gasteiger partial charge in [-0.3, -0.25) is 9.48 Å². The Hall–Kier alpha value is -3.03. The molecular weight excluding hydrogens is 294 g/mol. The first-order valence-electron chi connectivity index (χ1n) is 7.31. The fraction of sp³-hybridized carbons (Fsp3) is 0.267. The molecule has 8 nitrogen and oxygen atoms in total. The summed E-state index contributed by atoms with van der Waals surface area (Å²) >= 11 is 0. The topological polar surface area (TPSA) is 90.5 Å². The highest BCUT2D eigenvalue weighted by Crippen LogP contribution is 2.10. The van der Waals surface area contributed by atoms with E-state index in [4.69, 9.17) is 0 Å². The maximum Gasteiger partial charge on any atom is 0.224 e. The summed E-state index contributed by atoms with van der Waals surface area (Å²) in [4.78, 5) is 11.9. The lowest BCUT2D eigenvalue weighted by molar-refractivity contribution is -0.120. The van der Waals surface area contributed by atoms with Crippen LogP contribution in [-0.2, 0) is 17.8 Å². The number of aromatic nitrogens is 6. The van der Waals surface area contributed by atoms with E-state index in [1.807, 2.05) is 43.5 Å². The Morgan fingerprint density at radius 1 is 1.26 bits per heavy atom. The zero-order valence-electron chi connectivity index (χ0n) is 12.8. The second kappa shape index (κ2) is 6.82. The SMILES string of the molecule is Cc1nnnn1-c1ccc(CC(=O)NCCn2cccn2)cc1. The smallest absolute Gasteiger partial charge is 0.224 e. The van der Waals surface area contributed by atoms with Crippen LogP contribution in [0.25, 0.3) is 5.69 Å². The number of nitrogens with zero attached hydrogens (tertiary/aromatic N) is 6. The van der Waals surface area contributed by atoms with Crippen molar-refractivity contribution in [2.45, 2.75) is 19.9 Å². The maximum absolute atomic E-state index is 11.9. The molecular formula is C15H17N7O. The van der Waals surface area contributed by atoms with Crippen LogP contribution in [0.1, 0.15) is 11.4 Å². The average Bonchev–Trinajstić information content (AvgIpc) is 3.20. The summed E-state index contributed by atoms with van der Waals surface area (Å²) in [5.74, 6) is 0.706. The molecule has 1 amide bonds. The maximum atomic E-state index is 11.9. The number of carbonyl (C=O) groups excluding carboxylic acids is 1. The molecule has 0 atom stereocenters. The van der Waals surface area contributed by atoms with E-state index in [9.17, 15) is 4.79 Å². The number of nitrogens with one attached hydrogen (secondary N) is 1. The molecule has 3 aromatic rings. The molecule has 0 aliphatic heterocycles. The third-order valence-corrected chi connectivity index (χ3v) is 3.39. The number of hydrogen-bond donors (Lipinski definition) is 1. The quantitative estimate of drug-likeness (QED) is 0.717. The largest absolute Gasteiger partial charge is 0.354 e. The van der Waals surface area contributed by atoms with Crippen LogP contribution in [0.2, 0.25) is 0 Å². The highest BCUT2D eigenvalue weighted by atomic mass is 16.1. The zero-order valence-corrected chi connectivity index (χ0v) is 12.8. The van der Waals surface area contributed by atoms with Gasteiger partial charge in [-0.2, -0.15) is 9.78 Å². The van der Waals surface area contributed by atoms with Gasteiger partial charge >= 0.3 is 0 Å². The van der Waals surface area contributed by atoms with E-state index in [2.05, 4.69) is 25.9 Å². The molecule has 2 aromatic heterocycles. The van der Waals surface area contributed by atoms with Gasteiger partial charge in [0.25, 0.3) is 0 Å². The van der Waals surface area contributed by atoms with Crippen LogP contribution in [0, 0.1) is 6.92 Å². The predicted molar refractivity (Wildman–Crippen MR) is 82.8 cm³/mol. The van der Waals surface area contributed by atoms with Gasteiger partial charge in [0.05, 0.1) is 18.7 Å². The Morgan fingerprint density at radius 2 is 2.09 bits per heavy atom. The van der Waals surface area contributed by atoms with Crippen molar-refractivity contribution in [3.8, 4) is 5.69 Å². The Bertz CT molecular complexity index is 761. The first-order valence-corrected chi connectivity index (χ1v) is 7.31. The van der Waals surface area contributed by atoms with E-state index >= 15 is 0 Å². The molecule has 2 heterocycles. The van der Waals surface area contributed by atoms with Crippen LogP contribution in [0.5, 0.6) is 0 Å². The molecule has 3 rings (SSSR count). The third-order valence-electron chi connectivity index (χ3n) is 3.39. The summed E-state index contributed by atoms with van der Waals surface area (Å²) in [6.07, 6.45) is 3.93. The number of benzene rings is 1. The van der Waals surface area contributed by atoms with E-state index in [1.54, 1.807) is 15.6 Å². The summed E-state index contributed by atoms with van der Waals surface area (Å²) in [7, 11) is 0. The molecule has 118 valence electrons. The monoisotopic (exact) mass is 311 g/mol. The van der Waals surface area contributed by atoms with Gasteiger partial charge in [-0.1, -0.05) is 12.1 Å². The molecule has 0 radical (unpaired) electrons. The van der Waals surface area contributed by atoms with Crippen molar-refractivity contribution < 1.29 is 4.79 Å². The van der Waals surface area contributed by atoms with Gasteiger partial charge in [-0.15, -0.1) is 5.10 Å². The van der Waals surface area contributed by atoms with Gasteiger partial charge in [-0.25, -0.2) is 0 Å². The minimum atomic E-state index is -0.0106. The number of aryl methyl sites for hydroxylation is 1. The van der Waals surface area contributed by atoms with Crippen molar-refractivity contribution in [1.29, 1.82) is 0 Å². The van der Waals surface area contributed by atoms with Gasteiger partial charge in [-0.05, 0) is 41.1 Å². The van der Waals surface area contributed by atoms with Crippen molar-refractivity contribution in [1.82, 2.24) is 35.3 Å². The fourth-order valence-corrected chi connectivity index (χ4v) is 2.22. The minimum absolute atomic E-state index is 0.0106. The molecule has 0 saturated heterocycles. The highest BCUT2D eigenvalue weighted by molar-refractivity contribution is 5.78.